The predicted molar refractivity (Wildman–Crippen MR) is 84.4 cm³/mol. The van der Waals surface area contributed by atoms with Crippen LogP contribution in [0.15, 0.2) is 36.7 Å². The summed E-state index contributed by atoms with van der Waals surface area (Å²) in [6.45, 7) is 2.63. The van der Waals surface area contributed by atoms with E-state index in [1.807, 2.05) is 0 Å². The fourth-order valence-corrected chi connectivity index (χ4v) is 2.75. The number of benzene rings is 1. The van der Waals surface area contributed by atoms with E-state index in [-0.39, 0.29) is 10.9 Å². The van der Waals surface area contributed by atoms with E-state index in [9.17, 15) is 13.2 Å². The second-order valence-electron chi connectivity index (χ2n) is 5.75. The van der Waals surface area contributed by atoms with Gasteiger partial charge in [-0.1, -0.05) is 23.7 Å². The van der Waals surface area contributed by atoms with Gasteiger partial charge >= 0.3 is 6.36 Å². The van der Waals surface area contributed by atoms with Crippen molar-refractivity contribution in [3.05, 3.63) is 47.4 Å². The molecule has 1 fully saturated rings. The standard InChI is InChI=1S/C16H15ClF3N3O2/c17-14-5-21-6-15(22-14)24-10-12-8-23(9-12)7-11-2-1-3-13(4-11)25-16(18,19)20/h1-6,12H,7-10H2. The van der Waals surface area contributed by atoms with Gasteiger partial charge in [-0.2, -0.15) is 4.98 Å². The van der Waals surface area contributed by atoms with Crippen molar-refractivity contribution in [2.75, 3.05) is 19.7 Å². The van der Waals surface area contributed by atoms with Crippen LogP contribution in [-0.4, -0.2) is 40.9 Å². The molecule has 3 rings (SSSR count). The van der Waals surface area contributed by atoms with Crippen LogP contribution in [0.5, 0.6) is 11.6 Å². The first kappa shape index (κ1) is 17.8. The third-order valence-electron chi connectivity index (χ3n) is 3.62. The maximum atomic E-state index is 12.2. The van der Waals surface area contributed by atoms with E-state index in [1.54, 1.807) is 12.1 Å². The van der Waals surface area contributed by atoms with Crippen molar-refractivity contribution >= 4 is 11.6 Å². The maximum Gasteiger partial charge on any atom is 0.573 e. The maximum absolute atomic E-state index is 12.2. The smallest absolute Gasteiger partial charge is 0.476 e. The lowest BCUT2D eigenvalue weighted by atomic mass is 10.0. The molecule has 0 saturated carbocycles. The number of rotatable bonds is 6. The third kappa shape index (κ3) is 5.47. The molecule has 0 atom stereocenters. The van der Waals surface area contributed by atoms with Crippen molar-refractivity contribution in [3.8, 4) is 11.6 Å². The fraction of sp³-hybridized carbons (Fsp3) is 0.375. The second kappa shape index (κ2) is 7.45. The van der Waals surface area contributed by atoms with Crippen LogP contribution in [0.3, 0.4) is 0 Å². The van der Waals surface area contributed by atoms with Crippen LogP contribution in [-0.2, 0) is 6.54 Å². The molecule has 134 valence electrons. The van der Waals surface area contributed by atoms with Gasteiger partial charge in [0.05, 0.1) is 19.0 Å². The molecular weight excluding hydrogens is 359 g/mol. The summed E-state index contributed by atoms with van der Waals surface area (Å²) in [6.07, 6.45) is -1.76. The fourth-order valence-electron chi connectivity index (χ4n) is 2.61. The van der Waals surface area contributed by atoms with Crippen LogP contribution in [0.2, 0.25) is 5.15 Å². The van der Waals surface area contributed by atoms with E-state index in [1.165, 1.54) is 24.5 Å². The monoisotopic (exact) mass is 373 g/mol. The van der Waals surface area contributed by atoms with E-state index >= 15 is 0 Å². The van der Waals surface area contributed by atoms with Gasteiger partial charge in [0.1, 0.15) is 5.75 Å². The van der Waals surface area contributed by atoms with Crippen molar-refractivity contribution in [1.29, 1.82) is 0 Å². The van der Waals surface area contributed by atoms with Crippen LogP contribution < -0.4 is 9.47 Å². The SMILES string of the molecule is FC(F)(F)Oc1cccc(CN2CC(COc3cncc(Cl)n3)C2)c1. The topological polar surface area (TPSA) is 47.5 Å². The number of likely N-dealkylation sites (tertiary alicyclic amines) is 1. The summed E-state index contributed by atoms with van der Waals surface area (Å²) in [4.78, 5) is 9.99. The highest BCUT2D eigenvalue weighted by Gasteiger charge is 2.31. The molecule has 0 amide bonds. The molecule has 9 heteroatoms. The number of hydrogen-bond donors (Lipinski definition) is 0. The number of nitrogens with zero attached hydrogens (tertiary/aromatic N) is 3. The second-order valence-corrected chi connectivity index (χ2v) is 6.13. The highest BCUT2D eigenvalue weighted by atomic mass is 35.5. The summed E-state index contributed by atoms with van der Waals surface area (Å²) in [5.41, 5.74) is 0.766. The predicted octanol–water partition coefficient (Wildman–Crippen LogP) is 3.54. The number of halogens is 4. The third-order valence-corrected chi connectivity index (χ3v) is 3.80. The zero-order valence-corrected chi connectivity index (χ0v) is 13.8. The first-order valence-electron chi connectivity index (χ1n) is 7.55. The molecule has 0 N–H and O–H groups in total. The minimum absolute atomic E-state index is 0.204. The van der Waals surface area contributed by atoms with E-state index in [4.69, 9.17) is 16.3 Å². The Morgan fingerprint density at radius 3 is 2.76 bits per heavy atom. The van der Waals surface area contributed by atoms with Crippen LogP contribution in [0.1, 0.15) is 5.56 Å². The minimum atomic E-state index is -4.68. The number of alkyl halides is 3. The number of aromatic nitrogens is 2. The van der Waals surface area contributed by atoms with E-state index in [0.29, 0.717) is 24.9 Å². The van der Waals surface area contributed by atoms with Crippen LogP contribution in [0.25, 0.3) is 0 Å². The summed E-state index contributed by atoms with van der Waals surface area (Å²) in [7, 11) is 0. The Hall–Kier alpha value is -2.06. The number of hydrogen-bond acceptors (Lipinski definition) is 5. The summed E-state index contributed by atoms with van der Waals surface area (Å²) in [5, 5.41) is 0.272. The average molecular weight is 374 g/mol. The van der Waals surface area contributed by atoms with Crippen molar-refractivity contribution in [3.63, 3.8) is 0 Å². The first-order valence-corrected chi connectivity index (χ1v) is 7.92. The van der Waals surface area contributed by atoms with Crippen LogP contribution in [0, 0.1) is 5.92 Å². The lowest BCUT2D eigenvalue weighted by Gasteiger charge is -2.39. The van der Waals surface area contributed by atoms with Gasteiger partial charge in [-0.3, -0.25) is 9.88 Å². The molecule has 0 radical (unpaired) electrons. The molecule has 5 nitrogen and oxygen atoms in total. The van der Waals surface area contributed by atoms with Gasteiger partial charge in [-0.05, 0) is 17.7 Å². The van der Waals surface area contributed by atoms with Gasteiger partial charge in [-0.25, -0.2) is 0 Å². The zero-order valence-electron chi connectivity index (χ0n) is 13.0. The van der Waals surface area contributed by atoms with Crippen molar-refractivity contribution < 1.29 is 22.6 Å². The highest BCUT2D eigenvalue weighted by molar-refractivity contribution is 6.29. The minimum Gasteiger partial charge on any atom is -0.476 e. The Bertz CT molecular complexity index is 724. The Balaban J connectivity index is 1.43. The molecule has 1 aliphatic heterocycles. The summed E-state index contributed by atoms with van der Waals surface area (Å²) in [6, 6.07) is 6.01. The molecule has 1 saturated heterocycles. The van der Waals surface area contributed by atoms with E-state index in [0.717, 1.165) is 18.7 Å². The van der Waals surface area contributed by atoms with Crippen molar-refractivity contribution in [2.24, 2.45) is 5.92 Å². The number of ether oxygens (including phenoxy) is 2. The molecule has 0 unspecified atom stereocenters. The van der Waals surface area contributed by atoms with E-state index < -0.39 is 6.36 Å². The lowest BCUT2D eigenvalue weighted by molar-refractivity contribution is -0.274. The van der Waals surface area contributed by atoms with Crippen LogP contribution >= 0.6 is 11.6 Å². The molecule has 1 aromatic carbocycles. The highest BCUT2D eigenvalue weighted by Crippen LogP contribution is 2.25. The van der Waals surface area contributed by atoms with Crippen LogP contribution in [0.4, 0.5) is 13.2 Å². The Morgan fingerprint density at radius 1 is 1.24 bits per heavy atom. The molecule has 2 heterocycles. The van der Waals surface area contributed by atoms with Gasteiger partial charge in [0.25, 0.3) is 0 Å². The van der Waals surface area contributed by atoms with Gasteiger partial charge in [0, 0.05) is 25.6 Å². The molecule has 0 spiro atoms. The van der Waals surface area contributed by atoms with Gasteiger partial charge in [0.15, 0.2) is 5.15 Å². The van der Waals surface area contributed by atoms with E-state index in [2.05, 4.69) is 19.6 Å². The molecule has 0 bridgehead atoms. The quantitative estimate of drug-likeness (QED) is 0.775. The molecule has 0 aliphatic carbocycles. The van der Waals surface area contributed by atoms with Crippen molar-refractivity contribution in [1.82, 2.24) is 14.9 Å². The molecule has 2 aromatic rings. The molecule has 1 aromatic heterocycles. The van der Waals surface area contributed by atoms with Gasteiger partial charge in [0.2, 0.25) is 5.88 Å². The average Bonchev–Trinajstić information content (AvgIpc) is 2.48. The summed E-state index contributed by atoms with van der Waals surface area (Å²) < 4.78 is 46.2. The van der Waals surface area contributed by atoms with Crippen molar-refractivity contribution in [2.45, 2.75) is 12.9 Å². The summed E-state index contributed by atoms with van der Waals surface area (Å²) >= 11 is 5.73. The Labute approximate surface area is 147 Å². The Kier molecular flexibility index (Phi) is 5.29. The molecule has 1 aliphatic rings. The Morgan fingerprint density at radius 2 is 2.04 bits per heavy atom. The molecule has 25 heavy (non-hydrogen) atoms. The normalized spacial score (nSPS) is 15.7. The largest absolute Gasteiger partial charge is 0.573 e. The molecular formula is C16H15ClF3N3O2. The lowest BCUT2D eigenvalue weighted by Crippen LogP contribution is -2.48. The first-order chi connectivity index (χ1) is 11.9. The van der Waals surface area contributed by atoms with Gasteiger partial charge < -0.3 is 9.47 Å². The van der Waals surface area contributed by atoms with Gasteiger partial charge in [-0.15, -0.1) is 13.2 Å². The summed E-state index contributed by atoms with van der Waals surface area (Å²) in [5.74, 6) is 0.503. The zero-order chi connectivity index (χ0) is 17.9.